The van der Waals surface area contributed by atoms with Crippen LogP contribution < -0.4 is 5.43 Å². The lowest BCUT2D eigenvalue weighted by Gasteiger charge is -2.10. The lowest BCUT2D eigenvalue weighted by molar-refractivity contribution is -0.137. The Hall–Kier alpha value is -3.39. The van der Waals surface area contributed by atoms with E-state index in [1.807, 2.05) is 48.0 Å². The van der Waals surface area contributed by atoms with Gasteiger partial charge in [0.1, 0.15) is 0 Å². The summed E-state index contributed by atoms with van der Waals surface area (Å²) in [5.41, 5.74) is 4.59. The Balaban J connectivity index is 1.56. The summed E-state index contributed by atoms with van der Waals surface area (Å²) in [6.45, 7) is 2.31. The first kappa shape index (κ1) is 21.8. The highest BCUT2D eigenvalue weighted by molar-refractivity contribution is 7.10. The summed E-state index contributed by atoms with van der Waals surface area (Å²) in [7, 11) is 0. The van der Waals surface area contributed by atoms with E-state index in [0.717, 1.165) is 39.9 Å². The van der Waals surface area contributed by atoms with Crippen molar-refractivity contribution in [2.45, 2.75) is 26.1 Å². The van der Waals surface area contributed by atoms with E-state index in [9.17, 15) is 18.0 Å². The number of amides is 1. The molecule has 2 heterocycles. The molecule has 0 saturated heterocycles. The van der Waals surface area contributed by atoms with Crippen molar-refractivity contribution in [1.82, 2.24) is 9.99 Å². The second-order valence-corrected chi connectivity index (χ2v) is 8.28. The number of carbonyl (C=O) groups is 1. The molecule has 0 aliphatic carbocycles. The Morgan fingerprint density at radius 2 is 1.97 bits per heavy atom. The zero-order chi connectivity index (χ0) is 22.7. The van der Waals surface area contributed by atoms with Gasteiger partial charge < -0.3 is 4.57 Å². The minimum Gasteiger partial charge on any atom is -0.342 e. The van der Waals surface area contributed by atoms with Gasteiger partial charge in [-0.05, 0) is 36.2 Å². The summed E-state index contributed by atoms with van der Waals surface area (Å²) < 4.78 is 41.0. The molecule has 1 N–H and O–H groups in total. The number of thiophene rings is 1. The quantitative estimate of drug-likeness (QED) is 0.277. The van der Waals surface area contributed by atoms with Gasteiger partial charge in [0.15, 0.2) is 0 Å². The van der Waals surface area contributed by atoms with Crippen LogP contribution in [0.1, 0.15) is 38.8 Å². The van der Waals surface area contributed by atoms with Crippen molar-refractivity contribution >= 4 is 34.4 Å². The normalized spacial score (nSPS) is 12.0. The molecule has 2 aromatic carbocycles. The monoisotopic (exact) mass is 455 g/mol. The van der Waals surface area contributed by atoms with Gasteiger partial charge in [-0.25, -0.2) is 5.43 Å². The van der Waals surface area contributed by atoms with Gasteiger partial charge in [-0.2, -0.15) is 18.3 Å². The van der Waals surface area contributed by atoms with Crippen LogP contribution in [0, 0.1) is 0 Å². The standard InChI is InChI=1S/C24H20F3N3OS/c1-2-20-11-17(15-32-20)23(31)29-28-12-18-14-30(22-9-4-3-8-21(18)22)13-16-6-5-7-19(10-16)24(25,26)27/h3-12,14-15H,2,13H2,1H3,(H,29,31). The Bertz CT molecular complexity index is 1290. The zero-order valence-corrected chi connectivity index (χ0v) is 18.0. The van der Waals surface area contributed by atoms with Gasteiger partial charge in [0, 0.05) is 39.5 Å². The van der Waals surface area contributed by atoms with Crippen LogP contribution in [-0.4, -0.2) is 16.7 Å². The molecule has 0 fully saturated rings. The molecule has 164 valence electrons. The third-order valence-corrected chi connectivity index (χ3v) is 6.14. The summed E-state index contributed by atoms with van der Waals surface area (Å²) in [5.74, 6) is -0.287. The average Bonchev–Trinajstić information content (AvgIpc) is 3.39. The molecule has 0 unspecified atom stereocenters. The molecular formula is C24H20F3N3OS. The number of fused-ring (bicyclic) bond motifs is 1. The molecule has 4 rings (SSSR count). The maximum absolute atomic E-state index is 13.1. The number of hydrogen-bond donors (Lipinski definition) is 1. The van der Waals surface area contributed by atoms with Crippen molar-refractivity contribution in [3.63, 3.8) is 0 Å². The van der Waals surface area contributed by atoms with Gasteiger partial charge >= 0.3 is 6.18 Å². The maximum Gasteiger partial charge on any atom is 0.416 e. The number of aryl methyl sites for hydroxylation is 1. The van der Waals surface area contributed by atoms with E-state index in [1.54, 1.807) is 17.7 Å². The number of carbonyl (C=O) groups excluding carboxylic acids is 1. The highest BCUT2D eigenvalue weighted by Gasteiger charge is 2.30. The fraction of sp³-hybridized carbons (Fsp3) is 0.167. The summed E-state index contributed by atoms with van der Waals surface area (Å²) in [6, 6.07) is 14.7. The number of nitrogens with zero attached hydrogens (tertiary/aromatic N) is 2. The van der Waals surface area contributed by atoms with E-state index in [4.69, 9.17) is 0 Å². The van der Waals surface area contributed by atoms with Crippen LogP contribution >= 0.6 is 11.3 Å². The summed E-state index contributed by atoms with van der Waals surface area (Å²) in [5, 5.41) is 6.77. The van der Waals surface area contributed by atoms with Crippen LogP contribution in [0.4, 0.5) is 13.2 Å². The van der Waals surface area contributed by atoms with Crippen LogP contribution in [0.5, 0.6) is 0 Å². The fourth-order valence-corrected chi connectivity index (χ4v) is 4.28. The van der Waals surface area contributed by atoms with Crippen molar-refractivity contribution in [2.24, 2.45) is 5.10 Å². The second-order valence-electron chi connectivity index (χ2n) is 7.28. The van der Waals surface area contributed by atoms with E-state index < -0.39 is 11.7 Å². The minimum absolute atomic E-state index is 0.277. The van der Waals surface area contributed by atoms with Crippen LogP contribution in [0.3, 0.4) is 0 Å². The lowest BCUT2D eigenvalue weighted by Crippen LogP contribution is -2.16. The number of benzene rings is 2. The van der Waals surface area contributed by atoms with Crippen molar-refractivity contribution in [2.75, 3.05) is 0 Å². The van der Waals surface area contributed by atoms with Crippen LogP contribution in [-0.2, 0) is 19.1 Å². The summed E-state index contributed by atoms with van der Waals surface area (Å²) >= 11 is 1.53. The van der Waals surface area contributed by atoms with Gasteiger partial charge in [0.2, 0.25) is 0 Å². The summed E-state index contributed by atoms with van der Waals surface area (Å²) in [4.78, 5) is 13.4. The molecule has 1 amide bonds. The number of hydrazone groups is 1. The number of hydrogen-bond acceptors (Lipinski definition) is 3. The topological polar surface area (TPSA) is 46.4 Å². The van der Waals surface area contributed by atoms with Crippen LogP contribution in [0.2, 0.25) is 0 Å². The van der Waals surface area contributed by atoms with Gasteiger partial charge in [0.25, 0.3) is 5.91 Å². The van der Waals surface area contributed by atoms with E-state index in [2.05, 4.69) is 10.5 Å². The average molecular weight is 456 g/mol. The maximum atomic E-state index is 13.1. The smallest absolute Gasteiger partial charge is 0.342 e. The summed E-state index contributed by atoms with van der Waals surface area (Å²) in [6.07, 6.45) is -0.145. The Morgan fingerprint density at radius 1 is 1.16 bits per heavy atom. The minimum atomic E-state index is -4.38. The highest BCUT2D eigenvalue weighted by atomic mass is 32.1. The van der Waals surface area contributed by atoms with Crippen molar-refractivity contribution in [1.29, 1.82) is 0 Å². The van der Waals surface area contributed by atoms with Gasteiger partial charge in [0.05, 0.1) is 17.3 Å². The van der Waals surface area contributed by atoms with Gasteiger partial charge in [-0.1, -0.05) is 37.3 Å². The third-order valence-electron chi connectivity index (χ3n) is 5.06. The molecule has 4 nitrogen and oxygen atoms in total. The molecular weight excluding hydrogens is 435 g/mol. The van der Waals surface area contributed by atoms with E-state index in [1.165, 1.54) is 17.4 Å². The van der Waals surface area contributed by atoms with Gasteiger partial charge in [-0.3, -0.25) is 4.79 Å². The molecule has 0 aliphatic heterocycles. The molecule has 0 bridgehead atoms. The predicted octanol–water partition coefficient (Wildman–Crippen LogP) is 6.10. The molecule has 0 spiro atoms. The van der Waals surface area contributed by atoms with E-state index >= 15 is 0 Å². The first-order valence-electron chi connectivity index (χ1n) is 10.00. The molecule has 0 radical (unpaired) electrons. The molecule has 8 heteroatoms. The fourth-order valence-electron chi connectivity index (χ4n) is 3.46. The number of aromatic nitrogens is 1. The highest BCUT2D eigenvalue weighted by Crippen LogP contribution is 2.30. The van der Waals surface area contributed by atoms with Crippen LogP contribution in [0.15, 0.2) is 71.3 Å². The van der Waals surface area contributed by atoms with E-state index in [0.29, 0.717) is 11.1 Å². The second kappa shape index (κ2) is 9.00. The largest absolute Gasteiger partial charge is 0.416 e. The number of para-hydroxylation sites is 1. The molecule has 0 aliphatic rings. The van der Waals surface area contributed by atoms with Crippen molar-refractivity contribution in [3.8, 4) is 0 Å². The van der Waals surface area contributed by atoms with E-state index in [-0.39, 0.29) is 12.5 Å². The number of nitrogens with one attached hydrogen (secondary N) is 1. The number of alkyl halides is 3. The SMILES string of the molecule is CCc1cc(C(=O)NN=Cc2cn(Cc3cccc(C(F)(F)F)c3)c3ccccc23)cs1. The number of rotatable bonds is 6. The number of halogens is 3. The van der Waals surface area contributed by atoms with Crippen molar-refractivity contribution < 1.29 is 18.0 Å². The van der Waals surface area contributed by atoms with Crippen molar-refractivity contribution in [3.05, 3.63) is 93.3 Å². The van der Waals surface area contributed by atoms with Crippen LogP contribution in [0.25, 0.3) is 10.9 Å². The Morgan fingerprint density at radius 3 is 2.72 bits per heavy atom. The third kappa shape index (κ3) is 4.75. The molecule has 32 heavy (non-hydrogen) atoms. The Labute approximate surface area is 187 Å². The molecule has 0 atom stereocenters. The Kier molecular flexibility index (Phi) is 6.14. The zero-order valence-electron chi connectivity index (χ0n) is 17.2. The van der Waals surface area contributed by atoms with Gasteiger partial charge in [-0.15, -0.1) is 11.3 Å². The molecule has 2 aromatic heterocycles. The first-order valence-corrected chi connectivity index (χ1v) is 10.9. The lowest BCUT2D eigenvalue weighted by atomic mass is 10.1. The molecule has 4 aromatic rings. The molecule has 0 saturated carbocycles. The predicted molar refractivity (Wildman–Crippen MR) is 121 cm³/mol. The first-order chi connectivity index (χ1) is 15.3.